The summed E-state index contributed by atoms with van der Waals surface area (Å²) in [5.41, 5.74) is 7.94. The highest BCUT2D eigenvalue weighted by atomic mass is 32.1. The molecule has 1 aromatic carbocycles. The number of carboxylic acids is 1. The summed E-state index contributed by atoms with van der Waals surface area (Å²) in [4.78, 5) is 26.4. The molecule has 0 aliphatic heterocycles. The zero-order valence-electron chi connectivity index (χ0n) is 11.2. The number of hydrogen-bond acceptors (Lipinski definition) is 5. The second-order valence-corrected chi connectivity index (χ2v) is 5.29. The van der Waals surface area contributed by atoms with Gasteiger partial charge in [0.1, 0.15) is 5.01 Å². The summed E-state index contributed by atoms with van der Waals surface area (Å²) in [5.74, 6) is -1.17. The SMILES string of the molecule is Nc1ccc(-c2nc(CC(=O)NCCC(=O)O)cs2)cc1. The maximum Gasteiger partial charge on any atom is 0.305 e. The van der Waals surface area contributed by atoms with E-state index in [1.165, 1.54) is 11.3 Å². The number of benzene rings is 1. The van der Waals surface area contributed by atoms with Crippen LogP contribution in [0.25, 0.3) is 10.6 Å². The Hall–Kier alpha value is -2.41. The number of aromatic nitrogens is 1. The van der Waals surface area contributed by atoms with Crippen LogP contribution >= 0.6 is 11.3 Å². The average Bonchev–Trinajstić information content (AvgIpc) is 2.87. The number of aliphatic carboxylic acids is 1. The van der Waals surface area contributed by atoms with Crippen molar-refractivity contribution in [3.63, 3.8) is 0 Å². The monoisotopic (exact) mass is 305 g/mol. The molecular formula is C14H15N3O3S. The molecule has 21 heavy (non-hydrogen) atoms. The summed E-state index contributed by atoms with van der Waals surface area (Å²) in [6.07, 6.45) is 0.0601. The molecule has 2 aromatic rings. The predicted molar refractivity (Wildman–Crippen MR) is 80.9 cm³/mol. The van der Waals surface area contributed by atoms with E-state index in [9.17, 15) is 9.59 Å². The van der Waals surface area contributed by atoms with E-state index in [0.29, 0.717) is 11.4 Å². The molecule has 0 aliphatic rings. The number of amides is 1. The maximum absolute atomic E-state index is 11.6. The lowest BCUT2D eigenvalue weighted by atomic mass is 10.2. The summed E-state index contributed by atoms with van der Waals surface area (Å²) in [5, 5.41) is 13.7. The highest BCUT2D eigenvalue weighted by Gasteiger charge is 2.09. The zero-order valence-corrected chi connectivity index (χ0v) is 12.0. The van der Waals surface area contributed by atoms with Gasteiger partial charge in [0, 0.05) is 23.2 Å². The Labute approximate surface area is 125 Å². The molecule has 1 heterocycles. The predicted octanol–water partition coefficient (Wildman–Crippen LogP) is 1.53. The van der Waals surface area contributed by atoms with E-state index in [1.54, 1.807) is 12.1 Å². The van der Waals surface area contributed by atoms with Crippen LogP contribution in [0.2, 0.25) is 0 Å². The van der Waals surface area contributed by atoms with E-state index in [2.05, 4.69) is 10.3 Å². The number of carbonyl (C=O) groups excluding carboxylic acids is 1. The summed E-state index contributed by atoms with van der Waals surface area (Å²) < 4.78 is 0. The number of nitrogens with two attached hydrogens (primary N) is 1. The molecule has 6 nitrogen and oxygen atoms in total. The maximum atomic E-state index is 11.6. The van der Waals surface area contributed by atoms with Gasteiger partial charge in [-0.1, -0.05) is 0 Å². The quantitative estimate of drug-likeness (QED) is 0.702. The fourth-order valence-corrected chi connectivity index (χ4v) is 2.51. The Kier molecular flexibility index (Phi) is 4.89. The zero-order chi connectivity index (χ0) is 15.2. The molecule has 0 bridgehead atoms. The van der Waals surface area contributed by atoms with Gasteiger partial charge in [0.05, 0.1) is 18.5 Å². The van der Waals surface area contributed by atoms with Crippen molar-refractivity contribution < 1.29 is 14.7 Å². The number of thiazole rings is 1. The minimum atomic E-state index is -0.936. The highest BCUT2D eigenvalue weighted by molar-refractivity contribution is 7.13. The third kappa shape index (κ3) is 4.57. The second-order valence-electron chi connectivity index (χ2n) is 4.44. The van der Waals surface area contributed by atoms with Crippen LogP contribution in [0.1, 0.15) is 12.1 Å². The number of carboxylic acid groups (broad SMARTS) is 1. The van der Waals surface area contributed by atoms with Crippen LogP contribution in [0.15, 0.2) is 29.6 Å². The Balaban J connectivity index is 1.92. The third-order valence-corrected chi connectivity index (χ3v) is 3.65. The van der Waals surface area contributed by atoms with Gasteiger partial charge in [-0.3, -0.25) is 9.59 Å². The van der Waals surface area contributed by atoms with Gasteiger partial charge in [-0.05, 0) is 24.3 Å². The van der Waals surface area contributed by atoms with Gasteiger partial charge < -0.3 is 16.2 Å². The van der Waals surface area contributed by atoms with Crippen molar-refractivity contribution >= 4 is 28.9 Å². The molecule has 0 aliphatic carbocycles. The van der Waals surface area contributed by atoms with Crippen molar-refractivity contribution in [2.75, 3.05) is 12.3 Å². The van der Waals surface area contributed by atoms with Crippen molar-refractivity contribution in [3.8, 4) is 10.6 Å². The molecule has 0 radical (unpaired) electrons. The van der Waals surface area contributed by atoms with E-state index in [-0.39, 0.29) is 25.3 Å². The van der Waals surface area contributed by atoms with Crippen LogP contribution in [0.4, 0.5) is 5.69 Å². The van der Waals surface area contributed by atoms with Gasteiger partial charge in [-0.2, -0.15) is 0 Å². The van der Waals surface area contributed by atoms with E-state index < -0.39 is 5.97 Å². The molecule has 7 heteroatoms. The Morgan fingerprint density at radius 3 is 2.67 bits per heavy atom. The van der Waals surface area contributed by atoms with E-state index >= 15 is 0 Å². The first-order chi connectivity index (χ1) is 10.0. The van der Waals surface area contributed by atoms with E-state index in [4.69, 9.17) is 10.8 Å². The standard InChI is InChI=1S/C14H15N3O3S/c15-10-3-1-9(2-4-10)14-17-11(8-21-14)7-12(18)16-6-5-13(19)20/h1-4,8H,5-7,15H2,(H,16,18)(H,19,20). The average molecular weight is 305 g/mol. The lowest BCUT2D eigenvalue weighted by Gasteiger charge is -2.01. The third-order valence-electron chi connectivity index (χ3n) is 2.71. The Morgan fingerprint density at radius 1 is 1.29 bits per heavy atom. The minimum absolute atomic E-state index is 0.0838. The van der Waals surface area contributed by atoms with Crippen LogP contribution in [0.3, 0.4) is 0 Å². The van der Waals surface area contributed by atoms with Crippen LogP contribution < -0.4 is 11.1 Å². The fourth-order valence-electron chi connectivity index (χ4n) is 1.68. The molecular weight excluding hydrogens is 290 g/mol. The van der Waals surface area contributed by atoms with Gasteiger partial charge in [0.2, 0.25) is 5.91 Å². The van der Waals surface area contributed by atoms with Gasteiger partial charge in [0.25, 0.3) is 0 Å². The van der Waals surface area contributed by atoms with Crippen molar-refractivity contribution in [3.05, 3.63) is 35.3 Å². The molecule has 0 saturated heterocycles. The summed E-state index contributed by atoms with van der Waals surface area (Å²) in [7, 11) is 0. The largest absolute Gasteiger partial charge is 0.481 e. The van der Waals surface area contributed by atoms with E-state index in [1.807, 2.05) is 17.5 Å². The summed E-state index contributed by atoms with van der Waals surface area (Å²) in [6, 6.07) is 7.36. The van der Waals surface area contributed by atoms with E-state index in [0.717, 1.165) is 10.6 Å². The first kappa shape index (κ1) is 15.0. The van der Waals surface area contributed by atoms with Gasteiger partial charge in [-0.25, -0.2) is 4.98 Å². The molecule has 0 saturated carbocycles. The fraction of sp³-hybridized carbons (Fsp3) is 0.214. The number of anilines is 1. The van der Waals surface area contributed by atoms with Crippen molar-refractivity contribution in [2.24, 2.45) is 0 Å². The van der Waals surface area contributed by atoms with Gasteiger partial charge in [-0.15, -0.1) is 11.3 Å². The molecule has 1 amide bonds. The Bertz CT molecular complexity index is 637. The number of hydrogen-bond donors (Lipinski definition) is 3. The smallest absolute Gasteiger partial charge is 0.305 e. The lowest BCUT2D eigenvalue weighted by Crippen LogP contribution is -2.27. The number of nitrogens with zero attached hydrogens (tertiary/aromatic N) is 1. The van der Waals surface area contributed by atoms with Crippen LogP contribution in [0.5, 0.6) is 0 Å². The molecule has 0 spiro atoms. The molecule has 1 aromatic heterocycles. The van der Waals surface area contributed by atoms with Gasteiger partial charge in [0.15, 0.2) is 0 Å². The molecule has 0 fully saturated rings. The first-order valence-electron chi connectivity index (χ1n) is 6.33. The molecule has 110 valence electrons. The van der Waals surface area contributed by atoms with Gasteiger partial charge >= 0.3 is 5.97 Å². The van der Waals surface area contributed by atoms with Crippen LogP contribution in [-0.4, -0.2) is 28.5 Å². The number of nitrogen functional groups attached to an aromatic ring is 1. The topological polar surface area (TPSA) is 105 Å². The summed E-state index contributed by atoms with van der Waals surface area (Å²) in [6.45, 7) is 0.128. The van der Waals surface area contributed by atoms with Crippen molar-refractivity contribution in [2.45, 2.75) is 12.8 Å². The van der Waals surface area contributed by atoms with Crippen LogP contribution in [-0.2, 0) is 16.0 Å². The highest BCUT2D eigenvalue weighted by Crippen LogP contribution is 2.24. The normalized spacial score (nSPS) is 10.3. The van der Waals surface area contributed by atoms with Crippen molar-refractivity contribution in [1.29, 1.82) is 0 Å². The molecule has 0 atom stereocenters. The Morgan fingerprint density at radius 2 is 2.00 bits per heavy atom. The minimum Gasteiger partial charge on any atom is -0.481 e. The number of carbonyl (C=O) groups is 2. The number of rotatable bonds is 6. The number of nitrogens with one attached hydrogen (secondary N) is 1. The second kappa shape index (κ2) is 6.85. The summed E-state index contributed by atoms with van der Waals surface area (Å²) >= 11 is 1.45. The molecule has 2 rings (SSSR count). The molecule has 4 N–H and O–H groups in total. The van der Waals surface area contributed by atoms with Crippen LogP contribution in [0, 0.1) is 0 Å². The lowest BCUT2D eigenvalue weighted by molar-refractivity contribution is -0.136. The first-order valence-corrected chi connectivity index (χ1v) is 7.21. The van der Waals surface area contributed by atoms with Crippen molar-refractivity contribution in [1.82, 2.24) is 10.3 Å². The molecule has 0 unspecified atom stereocenters.